The van der Waals surface area contributed by atoms with Crippen LogP contribution >= 0.6 is 0 Å². The molecule has 0 bridgehead atoms. The molecule has 10 aromatic rings. The molecule has 0 N–H and O–H groups in total. The molecule has 0 saturated heterocycles. The van der Waals surface area contributed by atoms with Gasteiger partial charge in [-0.3, -0.25) is 0 Å². The van der Waals surface area contributed by atoms with Crippen LogP contribution in [0.4, 0.5) is 17.1 Å². The van der Waals surface area contributed by atoms with E-state index in [9.17, 15) is 0 Å². The summed E-state index contributed by atoms with van der Waals surface area (Å²) in [5.41, 5.74) is 15.7. The van der Waals surface area contributed by atoms with Crippen molar-refractivity contribution >= 4 is 49.8 Å². The smallest absolute Gasteiger partial charge is 0.136 e. The highest BCUT2D eigenvalue weighted by Crippen LogP contribution is 2.50. The molecule has 0 fully saturated rings. The highest BCUT2D eigenvalue weighted by Gasteiger charge is 2.25. The van der Waals surface area contributed by atoms with Gasteiger partial charge in [-0.15, -0.1) is 0 Å². The number of hydrogen-bond acceptors (Lipinski definition) is 2. The highest BCUT2D eigenvalue weighted by molar-refractivity contribution is 6.15. The summed E-state index contributed by atoms with van der Waals surface area (Å²) in [6.07, 6.45) is 0. The third kappa shape index (κ3) is 6.15. The zero-order valence-corrected chi connectivity index (χ0v) is 33.0. The molecule has 0 amide bonds. The molecule has 1 aromatic heterocycles. The number of hydrogen-bond donors (Lipinski definition) is 0. The predicted octanol–water partition coefficient (Wildman–Crippen LogP) is 16.2. The van der Waals surface area contributed by atoms with Gasteiger partial charge in [0, 0.05) is 27.5 Å². The van der Waals surface area contributed by atoms with Gasteiger partial charge < -0.3 is 9.32 Å². The van der Waals surface area contributed by atoms with Crippen molar-refractivity contribution in [3.05, 3.63) is 212 Å². The van der Waals surface area contributed by atoms with E-state index in [1.807, 2.05) is 6.07 Å². The van der Waals surface area contributed by atoms with Gasteiger partial charge in [0.25, 0.3) is 0 Å². The summed E-state index contributed by atoms with van der Waals surface area (Å²) in [5, 5.41) is 4.67. The molecular formula is C56H43NO. The lowest BCUT2D eigenvalue weighted by molar-refractivity contribution is 0.590. The lowest BCUT2D eigenvalue weighted by Gasteiger charge is -2.32. The molecule has 0 saturated carbocycles. The van der Waals surface area contributed by atoms with Gasteiger partial charge in [-0.2, -0.15) is 0 Å². The Morgan fingerprint density at radius 1 is 0.345 bits per heavy atom. The molecule has 2 nitrogen and oxygen atoms in total. The summed E-state index contributed by atoms with van der Waals surface area (Å²) < 4.78 is 6.45. The fourth-order valence-electron chi connectivity index (χ4n) is 8.67. The van der Waals surface area contributed by atoms with Crippen molar-refractivity contribution in [2.75, 3.05) is 4.90 Å². The van der Waals surface area contributed by atoms with Crippen molar-refractivity contribution in [2.24, 2.45) is 0 Å². The van der Waals surface area contributed by atoms with Crippen molar-refractivity contribution in [3.8, 4) is 44.5 Å². The fourth-order valence-corrected chi connectivity index (χ4v) is 8.67. The van der Waals surface area contributed by atoms with Crippen LogP contribution in [0, 0.1) is 0 Å². The molecule has 0 atom stereocenters. The summed E-state index contributed by atoms with van der Waals surface area (Å²) in [7, 11) is 0. The van der Waals surface area contributed by atoms with E-state index in [4.69, 9.17) is 4.42 Å². The van der Waals surface area contributed by atoms with Gasteiger partial charge in [-0.25, -0.2) is 0 Å². The minimum absolute atomic E-state index is 0.0529. The Hall–Kier alpha value is -7.16. The van der Waals surface area contributed by atoms with E-state index in [-0.39, 0.29) is 5.41 Å². The van der Waals surface area contributed by atoms with Crippen molar-refractivity contribution in [3.63, 3.8) is 0 Å². The average molecular weight is 746 g/mol. The Kier molecular flexibility index (Phi) is 8.76. The average Bonchev–Trinajstić information content (AvgIpc) is 3.66. The van der Waals surface area contributed by atoms with E-state index in [0.29, 0.717) is 0 Å². The van der Waals surface area contributed by atoms with Gasteiger partial charge in [-0.1, -0.05) is 197 Å². The van der Waals surface area contributed by atoms with Gasteiger partial charge in [0.2, 0.25) is 0 Å². The van der Waals surface area contributed by atoms with Crippen molar-refractivity contribution in [1.29, 1.82) is 0 Å². The van der Waals surface area contributed by atoms with Crippen LogP contribution in [0.1, 0.15) is 26.3 Å². The van der Waals surface area contributed by atoms with Crippen LogP contribution in [0.5, 0.6) is 0 Å². The molecule has 1 heterocycles. The Morgan fingerprint density at radius 3 is 1.47 bits per heavy atom. The molecule has 0 aliphatic heterocycles. The van der Waals surface area contributed by atoms with Crippen LogP contribution < -0.4 is 4.90 Å². The fraction of sp³-hybridized carbons (Fsp3) is 0.0714. The molecule has 278 valence electrons. The largest absolute Gasteiger partial charge is 0.456 e. The standard InChI is InChI=1S/C56H43NO/c1-56(2,3)41-36-34-39(35-37-41)42-22-7-11-29-49(42)57(51-31-13-9-24-45(51)47-28-17-33-53-55(47)48-25-10-14-32-52(48)58-53)50-30-12-8-23-44(50)46-27-16-21-40-20-15-26-43(54(40)46)38-18-5-4-6-19-38/h4-37H,1-3H3. The second-order valence-electron chi connectivity index (χ2n) is 16.1. The molecule has 0 aliphatic carbocycles. The van der Waals surface area contributed by atoms with Crippen LogP contribution in [0.15, 0.2) is 211 Å². The topological polar surface area (TPSA) is 16.4 Å². The van der Waals surface area contributed by atoms with Crippen LogP contribution in [0.3, 0.4) is 0 Å². The highest BCUT2D eigenvalue weighted by atomic mass is 16.3. The molecule has 0 unspecified atom stereocenters. The van der Waals surface area contributed by atoms with Crippen molar-refractivity contribution in [2.45, 2.75) is 26.2 Å². The zero-order valence-electron chi connectivity index (χ0n) is 33.0. The molecule has 0 radical (unpaired) electrons. The normalized spacial score (nSPS) is 11.7. The summed E-state index contributed by atoms with van der Waals surface area (Å²) in [6, 6.07) is 74.6. The zero-order chi connectivity index (χ0) is 39.2. The van der Waals surface area contributed by atoms with Crippen LogP contribution in [0.2, 0.25) is 0 Å². The molecule has 0 spiro atoms. The SMILES string of the molecule is CC(C)(C)c1ccc(-c2ccccc2N(c2ccccc2-c2cccc3cccc(-c4ccccc4)c23)c2ccccc2-c2cccc3oc4ccccc4c23)cc1. The Bertz CT molecular complexity index is 3090. The summed E-state index contributed by atoms with van der Waals surface area (Å²) >= 11 is 0. The number of fused-ring (bicyclic) bond motifs is 4. The molecule has 0 aliphatic rings. The molecule has 9 aromatic carbocycles. The number of benzene rings is 9. The van der Waals surface area contributed by atoms with Crippen LogP contribution in [-0.4, -0.2) is 0 Å². The van der Waals surface area contributed by atoms with Crippen LogP contribution in [-0.2, 0) is 5.41 Å². The van der Waals surface area contributed by atoms with Gasteiger partial charge in [0.15, 0.2) is 0 Å². The maximum atomic E-state index is 6.45. The molecular weight excluding hydrogens is 703 g/mol. The lowest BCUT2D eigenvalue weighted by Crippen LogP contribution is -2.14. The quantitative estimate of drug-likeness (QED) is 0.162. The first kappa shape index (κ1) is 35.3. The molecule has 2 heteroatoms. The number of para-hydroxylation sites is 4. The minimum Gasteiger partial charge on any atom is -0.456 e. The van der Waals surface area contributed by atoms with Gasteiger partial charge in [-0.05, 0) is 79.9 Å². The van der Waals surface area contributed by atoms with Crippen LogP contribution in [0.25, 0.3) is 77.2 Å². The van der Waals surface area contributed by atoms with Gasteiger partial charge in [0.05, 0.1) is 17.1 Å². The molecule has 10 rings (SSSR count). The first-order valence-electron chi connectivity index (χ1n) is 20.1. The first-order chi connectivity index (χ1) is 28.4. The van der Waals surface area contributed by atoms with E-state index in [1.54, 1.807) is 0 Å². The number of anilines is 3. The third-order valence-electron chi connectivity index (χ3n) is 11.5. The van der Waals surface area contributed by atoms with E-state index in [0.717, 1.165) is 61.3 Å². The Balaban J connectivity index is 1.27. The first-order valence-corrected chi connectivity index (χ1v) is 20.1. The monoisotopic (exact) mass is 745 g/mol. The second-order valence-corrected chi connectivity index (χ2v) is 16.1. The number of rotatable bonds is 7. The summed E-state index contributed by atoms with van der Waals surface area (Å²) in [6.45, 7) is 6.81. The number of nitrogens with zero attached hydrogens (tertiary/aromatic N) is 1. The summed E-state index contributed by atoms with van der Waals surface area (Å²) in [5.74, 6) is 0. The number of furan rings is 1. The molecule has 58 heavy (non-hydrogen) atoms. The van der Waals surface area contributed by atoms with E-state index >= 15 is 0 Å². The minimum atomic E-state index is 0.0529. The second kappa shape index (κ2) is 14.4. The van der Waals surface area contributed by atoms with E-state index in [1.165, 1.54) is 38.6 Å². The maximum Gasteiger partial charge on any atom is 0.136 e. The summed E-state index contributed by atoms with van der Waals surface area (Å²) in [4.78, 5) is 2.49. The predicted molar refractivity (Wildman–Crippen MR) is 246 cm³/mol. The van der Waals surface area contributed by atoms with Gasteiger partial charge >= 0.3 is 0 Å². The van der Waals surface area contributed by atoms with E-state index in [2.05, 4.69) is 226 Å². The van der Waals surface area contributed by atoms with E-state index < -0.39 is 0 Å². The Labute approximate surface area is 340 Å². The Morgan fingerprint density at radius 2 is 0.810 bits per heavy atom. The lowest BCUT2D eigenvalue weighted by atomic mass is 9.86. The van der Waals surface area contributed by atoms with Crippen molar-refractivity contribution in [1.82, 2.24) is 0 Å². The maximum absolute atomic E-state index is 6.45. The third-order valence-corrected chi connectivity index (χ3v) is 11.5. The van der Waals surface area contributed by atoms with Crippen molar-refractivity contribution < 1.29 is 4.42 Å². The van der Waals surface area contributed by atoms with Gasteiger partial charge in [0.1, 0.15) is 11.2 Å².